The highest BCUT2D eigenvalue weighted by Gasteiger charge is 2.36. The van der Waals surface area contributed by atoms with Gasteiger partial charge in [-0.05, 0) is 70.7 Å². The first-order chi connectivity index (χ1) is 27.2. The summed E-state index contributed by atoms with van der Waals surface area (Å²) in [7, 11) is 0. The van der Waals surface area contributed by atoms with Crippen LogP contribution in [0.1, 0.15) is 46.9 Å². The van der Waals surface area contributed by atoms with E-state index in [1.54, 1.807) is 19.9 Å². The van der Waals surface area contributed by atoms with E-state index in [1.165, 1.54) is 29.2 Å². The number of fused-ring (bicyclic) bond motifs is 9. The summed E-state index contributed by atoms with van der Waals surface area (Å²) < 4.78 is 151. The molecule has 3 heteroatoms. The van der Waals surface area contributed by atoms with Gasteiger partial charge in [-0.2, -0.15) is 0 Å². The van der Waals surface area contributed by atoms with E-state index in [4.69, 9.17) is 28.0 Å². The molecule has 0 bridgehead atoms. The fourth-order valence-electron chi connectivity index (χ4n) is 5.95. The Hall–Kier alpha value is -5.28. The van der Waals surface area contributed by atoms with Crippen molar-refractivity contribution in [3.63, 3.8) is 0 Å². The number of rotatable bonds is 3. The number of para-hydroxylation sites is 2. The lowest BCUT2D eigenvalue weighted by molar-refractivity contribution is 0.660. The number of benzene rings is 6. The lowest BCUT2D eigenvalue weighted by Crippen LogP contribution is -2.16. The van der Waals surface area contributed by atoms with Gasteiger partial charge in [-0.3, -0.25) is 0 Å². The molecule has 2 aromatic heterocycles. The fraction of sp³-hybridized carbons (Fsp3) is 0.0769. The van der Waals surface area contributed by atoms with E-state index in [-0.39, 0.29) is 108 Å². The average molecular weight is 558 g/mol. The number of hydrogen-bond acceptors (Lipinski definition) is 3. The number of anilines is 3. The van der Waals surface area contributed by atoms with E-state index in [9.17, 15) is 2.74 Å². The Labute approximate surface area is 265 Å². The summed E-state index contributed by atoms with van der Waals surface area (Å²) in [6.07, 6.45) is 0. The first kappa shape index (κ1) is 12.7. The van der Waals surface area contributed by atoms with Gasteiger partial charge in [0.05, 0.1) is 33.0 Å². The molecule has 0 spiro atoms. The molecule has 0 radical (unpaired) electrons. The van der Waals surface area contributed by atoms with E-state index >= 15 is 0 Å². The van der Waals surface area contributed by atoms with Crippen LogP contribution in [-0.2, 0) is 5.41 Å². The van der Waals surface area contributed by atoms with Crippen LogP contribution in [0.3, 0.4) is 0 Å². The number of furan rings is 2. The minimum atomic E-state index is -1.10. The van der Waals surface area contributed by atoms with Crippen molar-refractivity contribution in [1.82, 2.24) is 0 Å². The highest BCUT2D eigenvalue weighted by atomic mass is 16.3. The third-order valence-corrected chi connectivity index (χ3v) is 7.91. The summed E-state index contributed by atoms with van der Waals surface area (Å²) in [6, 6.07) is 0.493. The van der Waals surface area contributed by atoms with Crippen LogP contribution in [0.5, 0.6) is 0 Å². The SMILES string of the molecule is [2H]c1cc(N(c2cc([2H])c3c(c2)oc2c([2H])c([2H])c([2H])c([2H])c23)c2cc([2H])c([2H])c3oc4c([2H])c([2H])c([2H])c([2H])c4c23)cc2c1-c1c([2H])c([2H])c([2H])c([2H])c1C2(C)C. The molecule has 200 valence electrons. The van der Waals surface area contributed by atoms with Crippen LogP contribution in [-0.4, -0.2) is 0 Å². The Morgan fingerprint density at radius 3 is 2.05 bits per heavy atom. The molecule has 0 amide bonds. The molecule has 1 aliphatic rings. The predicted octanol–water partition coefficient (Wildman–Crippen LogP) is 11.3. The molecule has 0 fully saturated rings. The van der Waals surface area contributed by atoms with Gasteiger partial charge >= 0.3 is 0 Å². The third kappa shape index (κ3) is 3.16. The molecular weight excluding hydrogens is 514 g/mol. The van der Waals surface area contributed by atoms with E-state index in [1.807, 2.05) is 0 Å². The largest absolute Gasteiger partial charge is 0.456 e. The van der Waals surface area contributed by atoms with Crippen molar-refractivity contribution < 1.29 is 30.8 Å². The lowest BCUT2D eigenvalue weighted by Gasteiger charge is -2.28. The van der Waals surface area contributed by atoms with Crippen LogP contribution < -0.4 is 4.90 Å². The van der Waals surface area contributed by atoms with Gasteiger partial charge in [0.15, 0.2) is 0 Å². The van der Waals surface area contributed by atoms with Crippen molar-refractivity contribution in [2.75, 3.05) is 4.90 Å². The van der Waals surface area contributed by atoms with Gasteiger partial charge < -0.3 is 13.7 Å². The molecule has 0 unspecified atom stereocenters. The minimum absolute atomic E-state index is 0.00739. The predicted molar refractivity (Wildman–Crippen MR) is 173 cm³/mol. The maximum Gasteiger partial charge on any atom is 0.137 e. The molecule has 0 saturated heterocycles. The highest BCUT2D eigenvalue weighted by Crippen LogP contribution is 2.51. The number of hydrogen-bond donors (Lipinski definition) is 0. The Balaban J connectivity index is 1.44. The van der Waals surface area contributed by atoms with Crippen LogP contribution in [0.4, 0.5) is 17.1 Å². The normalized spacial score (nSPS) is 19.0. The van der Waals surface area contributed by atoms with Gasteiger partial charge in [-0.15, -0.1) is 0 Å². The van der Waals surface area contributed by atoms with E-state index < -0.39 is 71.9 Å². The highest BCUT2D eigenvalue weighted by molar-refractivity contribution is 6.14. The zero-order chi connectivity index (χ0) is 41.9. The summed E-state index contributed by atoms with van der Waals surface area (Å²) in [6.45, 7) is 3.53. The first-order valence-electron chi connectivity index (χ1n) is 21.1. The lowest BCUT2D eigenvalue weighted by atomic mass is 9.82. The summed E-state index contributed by atoms with van der Waals surface area (Å²) >= 11 is 0. The number of nitrogens with zero attached hydrogens (tertiary/aromatic N) is 1. The van der Waals surface area contributed by atoms with Crippen molar-refractivity contribution in [1.29, 1.82) is 0 Å². The standard InChI is InChI=1S/C39H27NO2/c1-39(2)31-13-6-3-10-26(31)27-20-18-24(22-32(27)39)40(25-19-21-29-28-11-4-7-15-34(28)42-37(29)23-25)33-14-9-17-36-38(33)30-12-5-8-16-35(30)41-36/h3-23H,1-2H3/i3D,4D,5D,6D,7D,8D,9D,10D,11D,12D,13D,15D,16D,17D,20D,21D. The van der Waals surface area contributed by atoms with Crippen LogP contribution in [0.15, 0.2) is 136 Å². The molecule has 6 aromatic carbocycles. The van der Waals surface area contributed by atoms with Gasteiger partial charge in [0.2, 0.25) is 0 Å². The fourth-order valence-corrected chi connectivity index (χ4v) is 5.95. The van der Waals surface area contributed by atoms with Crippen LogP contribution in [0.25, 0.3) is 55.0 Å². The Morgan fingerprint density at radius 2 is 1.17 bits per heavy atom. The Kier molecular flexibility index (Phi) is 2.53. The topological polar surface area (TPSA) is 29.5 Å². The Morgan fingerprint density at radius 1 is 0.548 bits per heavy atom. The molecule has 42 heavy (non-hydrogen) atoms. The van der Waals surface area contributed by atoms with Crippen molar-refractivity contribution >= 4 is 60.9 Å². The van der Waals surface area contributed by atoms with Crippen molar-refractivity contribution in [3.05, 3.63) is 138 Å². The molecule has 3 nitrogen and oxygen atoms in total. The Bertz CT molecular complexity index is 3240. The zero-order valence-corrected chi connectivity index (χ0v) is 22.2. The van der Waals surface area contributed by atoms with E-state index in [0.29, 0.717) is 5.56 Å². The summed E-state index contributed by atoms with van der Waals surface area (Å²) in [5, 5.41) is -0.0251. The van der Waals surface area contributed by atoms with Gasteiger partial charge in [0.25, 0.3) is 0 Å². The monoisotopic (exact) mass is 557 g/mol. The van der Waals surface area contributed by atoms with Gasteiger partial charge in [0.1, 0.15) is 22.3 Å². The summed E-state index contributed by atoms with van der Waals surface area (Å²) in [5.41, 5.74) is -0.283. The summed E-state index contributed by atoms with van der Waals surface area (Å²) in [5.74, 6) is 0. The van der Waals surface area contributed by atoms with Crippen molar-refractivity contribution in [2.24, 2.45) is 0 Å². The quantitative estimate of drug-likeness (QED) is 0.216. The molecular formula is C39H27NO2. The second-order valence-electron chi connectivity index (χ2n) is 10.6. The van der Waals surface area contributed by atoms with E-state index in [2.05, 4.69) is 0 Å². The molecule has 0 saturated carbocycles. The molecule has 9 rings (SSSR count). The van der Waals surface area contributed by atoms with Crippen LogP contribution in [0, 0.1) is 0 Å². The minimum Gasteiger partial charge on any atom is -0.456 e. The summed E-state index contributed by atoms with van der Waals surface area (Å²) in [4.78, 5) is 1.49. The maximum absolute atomic E-state index is 9.40. The molecule has 0 atom stereocenters. The van der Waals surface area contributed by atoms with Gasteiger partial charge in [0, 0.05) is 39.0 Å². The second-order valence-corrected chi connectivity index (χ2v) is 10.6. The first-order valence-corrected chi connectivity index (χ1v) is 13.1. The average Bonchev–Trinajstić information content (AvgIpc) is 3.84. The van der Waals surface area contributed by atoms with Gasteiger partial charge in [-0.25, -0.2) is 0 Å². The smallest absolute Gasteiger partial charge is 0.137 e. The zero-order valence-electron chi connectivity index (χ0n) is 38.2. The maximum atomic E-state index is 9.40. The second kappa shape index (κ2) is 8.37. The van der Waals surface area contributed by atoms with Gasteiger partial charge in [-0.1, -0.05) is 86.4 Å². The molecule has 8 aromatic rings. The van der Waals surface area contributed by atoms with Crippen LogP contribution >= 0.6 is 0 Å². The van der Waals surface area contributed by atoms with Crippen molar-refractivity contribution in [2.45, 2.75) is 19.3 Å². The molecule has 2 heterocycles. The van der Waals surface area contributed by atoms with E-state index in [0.717, 1.165) is 0 Å². The molecule has 0 aliphatic heterocycles. The third-order valence-electron chi connectivity index (χ3n) is 7.91. The van der Waals surface area contributed by atoms with Crippen LogP contribution in [0.2, 0.25) is 0 Å². The molecule has 0 N–H and O–H groups in total. The van der Waals surface area contributed by atoms with Crippen molar-refractivity contribution in [3.8, 4) is 11.1 Å². The molecule has 1 aliphatic carbocycles.